The van der Waals surface area contributed by atoms with Crippen molar-refractivity contribution in [2.75, 3.05) is 13.2 Å². The Bertz CT molecular complexity index is 975. The minimum atomic E-state index is 0.398. The molecule has 1 atom stereocenters. The zero-order valence-corrected chi connectivity index (χ0v) is 20.5. The predicted octanol–water partition coefficient (Wildman–Crippen LogP) is 6.92. The first-order chi connectivity index (χ1) is 15.5. The van der Waals surface area contributed by atoms with E-state index in [1.165, 1.54) is 0 Å². The first-order valence-electron chi connectivity index (χ1n) is 11.4. The van der Waals surface area contributed by atoms with Crippen molar-refractivity contribution in [1.29, 1.82) is 0 Å². The van der Waals surface area contributed by atoms with Crippen molar-refractivity contribution in [3.63, 3.8) is 0 Å². The van der Waals surface area contributed by atoms with E-state index in [4.69, 9.17) is 14.5 Å². The van der Waals surface area contributed by atoms with Crippen LogP contribution in [0.3, 0.4) is 0 Å². The Morgan fingerprint density at radius 2 is 1.22 bits per heavy atom. The molecule has 0 aliphatic carbocycles. The standard InChI is InChI=1S/C26H33N3O2S/c1-6-16-30-22-12-8-20(9-13-22)24-25(21-10-14-23(15-11-21)31-17-7-2)28-29-26(27-24)32-19(5)18(3)4/h8-15,18-19H,6-7,16-17H2,1-5H3. The molecule has 1 heterocycles. The monoisotopic (exact) mass is 451 g/mol. The van der Waals surface area contributed by atoms with Gasteiger partial charge in [-0.15, -0.1) is 10.2 Å². The maximum atomic E-state index is 5.74. The van der Waals surface area contributed by atoms with Gasteiger partial charge in [0, 0.05) is 16.4 Å². The van der Waals surface area contributed by atoms with Crippen LogP contribution in [-0.4, -0.2) is 33.6 Å². The Morgan fingerprint density at radius 1 is 0.719 bits per heavy atom. The molecule has 0 saturated carbocycles. The third-order valence-electron chi connectivity index (χ3n) is 5.10. The van der Waals surface area contributed by atoms with Gasteiger partial charge in [0.2, 0.25) is 5.16 Å². The van der Waals surface area contributed by atoms with E-state index in [2.05, 4.69) is 44.8 Å². The second kappa shape index (κ2) is 11.9. The number of hydrogen-bond donors (Lipinski definition) is 0. The first-order valence-corrected chi connectivity index (χ1v) is 12.3. The largest absolute Gasteiger partial charge is 0.494 e. The minimum Gasteiger partial charge on any atom is -0.494 e. The molecular formula is C26H33N3O2S. The van der Waals surface area contributed by atoms with Gasteiger partial charge in [-0.1, -0.05) is 46.4 Å². The maximum Gasteiger partial charge on any atom is 0.209 e. The van der Waals surface area contributed by atoms with Crippen LogP contribution in [0, 0.1) is 5.92 Å². The maximum absolute atomic E-state index is 5.74. The number of rotatable bonds is 11. The van der Waals surface area contributed by atoms with E-state index < -0.39 is 0 Å². The molecule has 5 nitrogen and oxygen atoms in total. The van der Waals surface area contributed by atoms with Crippen LogP contribution >= 0.6 is 11.8 Å². The van der Waals surface area contributed by atoms with Crippen LogP contribution in [0.2, 0.25) is 0 Å². The lowest BCUT2D eigenvalue weighted by molar-refractivity contribution is 0.317. The van der Waals surface area contributed by atoms with Gasteiger partial charge >= 0.3 is 0 Å². The Kier molecular flexibility index (Phi) is 8.91. The van der Waals surface area contributed by atoms with E-state index in [9.17, 15) is 0 Å². The van der Waals surface area contributed by atoms with Gasteiger partial charge in [0.05, 0.1) is 13.2 Å². The second-order valence-corrected chi connectivity index (χ2v) is 9.45. The minimum absolute atomic E-state index is 0.398. The molecule has 0 radical (unpaired) electrons. The molecular weight excluding hydrogens is 418 g/mol. The molecule has 0 saturated heterocycles. The first kappa shape index (κ1) is 24.1. The van der Waals surface area contributed by atoms with Gasteiger partial charge < -0.3 is 9.47 Å². The number of benzene rings is 2. The van der Waals surface area contributed by atoms with Crippen LogP contribution < -0.4 is 9.47 Å². The van der Waals surface area contributed by atoms with Crippen LogP contribution in [0.4, 0.5) is 0 Å². The summed E-state index contributed by atoms with van der Waals surface area (Å²) < 4.78 is 11.5. The highest BCUT2D eigenvalue weighted by Gasteiger charge is 2.17. The number of aromatic nitrogens is 3. The van der Waals surface area contributed by atoms with E-state index >= 15 is 0 Å². The fourth-order valence-electron chi connectivity index (χ4n) is 2.92. The van der Waals surface area contributed by atoms with Gasteiger partial charge in [0.15, 0.2) is 0 Å². The molecule has 170 valence electrons. The molecule has 3 aromatic rings. The van der Waals surface area contributed by atoms with E-state index in [1.54, 1.807) is 11.8 Å². The molecule has 0 N–H and O–H groups in total. The Hall–Kier alpha value is -2.60. The Labute approximate surface area is 196 Å². The van der Waals surface area contributed by atoms with Crippen molar-refractivity contribution in [3.05, 3.63) is 48.5 Å². The Balaban J connectivity index is 1.96. The van der Waals surface area contributed by atoms with Gasteiger partial charge in [-0.2, -0.15) is 0 Å². The third kappa shape index (κ3) is 6.45. The number of thioether (sulfide) groups is 1. The molecule has 6 heteroatoms. The molecule has 0 spiro atoms. The van der Waals surface area contributed by atoms with E-state index in [1.807, 2.05) is 48.5 Å². The quantitative estimate of drug-likeness (QED) is 0.295. The highest BCUT2D eigenvalue weighted by molar-refractivity contribution is 7.99. The number of hydrogen-bond acceptors (Lipinski definition) is 6. The highest BCUT2D eigenvalue weighted by Crippen LogP contribution is 2.33. The summed E-state index contributed by atoms with van der Waals surface area (Å²) in [5, 5.41) is 10.1. The fraction of sp³-hybridized carbons (Fsp3) is 0.423. The highest BCUT2D eigenvalue weighted by atomic mass is 32.2. The molecule has 0 aliphatic heterocycles. The molecule has 32 heavy (non-hydrogen) atoms. The second-order valence-electron chi connectivity index (χ2n) is 8.10. The van der Waals surface area contributed by atoms with Crippen molar-refractivity contribution < 1.29 is 9.47 Å². The normalized spacial score (nSPS) is 12.1. The zero-order valence-electron chi connectivity index (χ0n) is 19.7. The molecule has 1 aromatic heterocycles. The lowest BCUT2D eigenvalue weighted by atomic mass is 10.0. The molecule has 0 bridgehead atoms. The lowest BCUT2D eigenvalue weighted by Gasteiger charge is -2.15. The van der Waals surface area contributed by atoms with Crippen LogP contribution in [0.25, 0.3) is 22.5 Å². The summed E-state index contributed by atoms with van der Waals surface area (Å²) in [6.07, 6.45) is 1.96. The van der Waals surface area contributed by atoms with Crippen molar-refractivity contribution in [1.82, 2.24) is 15.2 Å². The predicted molar refractivity (Wildman–Crippen MR) is 132 cm³/mol. The smallest absolute Gasteiger partial charge is 0.209 e. The summed E-state index contributed by atoms with van der Waals surface area (Å²) >= 11 is 1.66. The van der Waals surface area contributed by atoms with Crippen molar-refractivity contribution in [2.24, 2.45) is 5.92 Å². The van der Waals surface area contributed by atoms with Gasteiger partial charge in [-0.25, -0.2) is 4.98 Å². The van der Waals surface area contributed by atoms with Crippen LogP contribution in [0.1, 0.15) is 47.5 Å². The molecule has 2 aromatic carbocycles. The van der Waals surface area contributed by atoms with Crippen molar-refractivity contribution in [2.45, 2.75) is 57.9 Å². The Morgan fingerprint density at radius 3 is 1.69 bits per heavy atom. The lowest BCUT2D eigenvalue weighted by Crippen LogP contribution is -2.08. The molecule has 0 amide bonds. The average Bonchev–Trinajstić information content (AvgIpc) is 2.82. The average molecular weight is 452 g/mol. The van der Waals surface area contributed by atoms with Crippen LogP contribution in [0.15, 0.2) is 53.7 Å². The number of ether oxygens (including phenoxy) is 2. The fourth-order valence-corrected chi connectivity index (χ4v) is 3.75. The van der Waals surface area contributed by atoms with Gasteiger partial charge in [-0.05, 0) is 67.3 Å². The summed E-state index contributed by atoms with van der Waals surface area (Å²) in [5.74, 6) is 2.24. The van der Waals surface area contributed by atoms with Crippen LogP contribution in [0.5, 0.6) is 11.5 Å². The van der Waals surface area contributed by atoms with Crippen molar-refractivity contribution in [3.8, 4) is 34.0 Å². The summed E-state index contributed by atoms with van der Waals surface area (Å²) in [6, 6.07) is 16.0. The third-order valence-corrected chi connectivity index (χ3v) is 6.40. The van der Waals surface area contributed by atoms with Crippen molar-refractivity contribution >= 4 is 11.8 Å². The van der Waals surface area contributed by atoms with Gasteiger partial charge in [-0.3, -0.25) is 0 Å². The topological polar surface area (TPSA) is 57.1 Å². The molecule has 3 rings (SSSR count). The summed E-state index contributed by atoms with van der Waals surface area (Å²) in [6.45, 7) is 12.2. The summed E-state index contributed by atoms with van der Waals surface area (Å²) in [7, 11) is 0. The van der Waals surface area contributed by atoms with Gasteiger partial charge in [0.25, 0.3) is 0 Å². The molecule has 0 fully saturated rings. The molecule has 1 unspecified atom stereocenters. The number of nitrogens with zero attached hydrogens (tertiary/aromatic N) is 3. The SMILES string of the molecule is CCCOc1ccc(-c2nnc(SC(C)C(C)C)nc2-c2ccc(OCCC)cc2)cc1. The van der Waals surface area contributed by atoms with Gasteiger partial charge in [0.1, 0.15) is 22.9 Å². The van der Waals surface area contributed by atoms with E-state index in [0.29, 0.717) is 29.5 Å². The van der Waals surface area contributed by atoms with E-state index in [0.717, 1.165) is 46.9 Å². The molecule has 0 aliphatic rings. The van der Waals surface area contributed by atoms with Crippen LogP contribution in [-0.2, 0) is 0 Å². The van der Waals surface area contributed by atoms with E-state index in [-0.39, 0.29) is 0 Å². The summed E-state index contributed by atoms with van der Waals surface area (Å²) in [4.78, 5) is 4.92. The zero-order chi connectivity index (χ0) is 22.9. The summed E-state index contributed by atoms with van der Waals surface area (Å²) in [5.41, 5.74) is 3.53.